The SMILES string of the molecule is CCC(CCO)CNCc1cc(Cl)ccc1[N+](=O)[O-]. The fourth-order valence-corrected chi connectivity index (χ4v) is 2.11. The fourth-order valence-electron chi connectivity index (χ4n) is 1.92. The summed E-state index contributed by atoms with van der Waals surface area (Å²) in [6.07, 6.45) is 1.70. The molecule has 0 radical (unpaired) electrons. The van der Waals surface area contributed by atoms with Gasteiger partial charge in [0, 0.05) is 29.8 Å². The van der Waals surface area contributed by atoms with Gasteiger partial charge in [0.25, 0.3) is 5.69 Å². The van der Waals surface area contributed by atoms with E-state index in [0.717, 1.165) is 19.4 Å². The molecule has 2 N–H and O–H groups in total. The van der Waals surface area contributed by atoms with Gasteiger partial charge in [0.05, 0.1) is 4.92 Å². The number of halogens is 1. The average molecular weight is 287 g/mol. The molecule has 0 amide bonds. The van der Waals surface area contributed by atoms with Gasteiger partial charge in [0.1, 0.15) is 0 Å². The largest absolute Gasteiger partial charge is 0.396 e. The molecule has 0 saturated carbocycles. The summed E-state index contributed by atoms with van der Waals surface area (Å²) in [7, 11) is 0. The van der Waals surface area contributed by atoms with Gasteiger partial charge in [-0.15, -0.1) is 0 Å². The molecule has 1 aromatic rings. The molecular formula is C13H19ClN2O3. The third-order valence-electron chi connectivity index (χ3n) is 3.10. The molecule has 0 spiro atoms. The molecule has 0 aliphatic heterocycles. The number of aliphatic hydroxyl groups excluding tert-OH is 1. The van der Waals surface area contributed by atoms with Crippen molar-refractivity contribution in [1.29, 1.82) is 0 Å². The van der Waals surface area contributed by atoms with Crippen molar-refractivity contribution in [3.05, 3.63) is 38.9 Å². The van der Waals surface area contributed by atoms with Gasteiger partial charge < -0.3 is 10.4 Å². The van der Waals surface area contributed by atoms with Crippen molar-refractivity contribution in [1.82, 2.24) is 5.32 Å². The molecule has 6 heteroatoms. The van der Waals surface area contributed by atoms with Gasteiger partial charge in [-0.1, -0.05) is 24.9 Å². The number of hydrogen-bond donors (Lipinski definition) is 2. The van der Waals surface area contributed by atoms with E-state index < -0.39 is 4.92 Å². The van der Waals surface area contributed by atoms with Crippen molar-refractivity contribution in [2.45, 2.75) is 26.3 Å². The Morgan fingerprint density at radius 3 is 2.84 bits per heavy atom. The van der Waals surface area contributed by atoms with E-state index >= 15 is 0 Å². The highest BCUT2D eigenvalue weighted by Crippen LogP contribution is 2.22. The van der Waals surface area contributed by atoms with Gasteiger partial charge in [0.2, 0.25) is 0 Å². The quantitative estimate of drug-likeness (QED) is 0.569. The molecule has 1 rings (SSSR count). The smallest absolute Gasteiger partial charge is 0.273 e. The second-order valence-electron chi connectivity index (χ2n) is 4.45. The summed E-state index contributed by atoms with van der Waals surface area (Å²) in [5.74, 6) is 0.378. The number of nitrogens with one attached hydrogen (secondary N) is 1. The van der Waals surface area contributed by atoms with Crippen LogP contribution in [-0.2, 0) is 6.54 Å². The predicted octanol–water partition coefficient (Wildman–Crippen LogP) is 2.75. The van der Waals surface area contributed by atoms with Gasteiger partial charge in [-0.2, -0.15) is 0 Å². The summed E-state index contributed by atoms with van der Waals surface area (Å²) in [4.78, 5) is 10.5. The van der Waals surface area contributed by atoms with Gasteiger partial charge in [0.15, 0.2) is 0 Å². The first-order valence-corrected chi connectivity index (χ1v) is 6.70. The predicted molar refractivity (Wildman–Crippen MR) is 75.3 cm³/mol. The Kier molecular flexibility index (Phi) is 6.77. The first-order valence-electron chi connectivity index (χ1n) is 6.32. The summed E-state index contributed by atoms with van der Waals surface area (Å²) in [6, 6.07) is 4.55. The molecule has 1 aromatic carbocycles. The van der Waals surface area contributed by atoms with Crippen LogP contribution in [0.4, 0.5) is 5.69 Å². The maximum atomic E-state index is 10.9. The molecule has 19 heavy (non-hydrogen) atoms. The number of hydrogen-bond acceptors (Lipinski definition) is 4. The standard InChI is InChI=1S/C13H19ClN2O3/c1-2-10(5-6-17)8-15-9-11-7-12(14)3-4-13(11)16(18)19/h3-4,7,10,15,17H,2,5-6,8-9H2,1H3. The Hall–Kier alpha value is -1.17. The van der Waals surface area contributed by atoms with Crippen LogP contribution in [0.25, 0.3) is 0 Å². The van der Waals surface area contributed by atoms with Crippen LogP contribution in [0.5, 0.6) is 0 Å². The minimum Gasteiger partial charge on any atom is -0.396 e. The molecule has 0 heterocycles. The molecule has 0 aromatic heterocycles. The van der Waals surface area contributed by atoms with Gasteiger partial charge in [-0.05, 0) is 31.0 Å². The van der Waals surface area contributed by atoms with Crippen LogP contribution in [0.1, 0.15) is 25.3 Å². The molecule has 0 saturated heterocycles. The Labute approximate surface area is 117 Å². The number of rotatable bonds is 8. The highest BCUT2D eigenvalue weighted by atomic mass is 35.5. The van der Waals surface area contributed by atoms with Crippen LogP contribution in [0, 0.1) is 16.0 Å². The number of nitrogens with zero attached hydrogens (tertiary/aromatic N) is 1. The van der Waals surface area contributed by atoms with Gasteiger partial charge in [-0.3, -0.25) is 10.1 Å². The lowest BCUT2D eigenvalue weighted by atomic mass is 10.0. The molecular weight excluding hydrogens is 268 g/mol. The second-order valence-corrected chi connectivity index (χ2v) is 4.88. The lowest BCUT2D eigenvalue weighted by Crippen LogP contribution is -2.23. The summed E-state index contributed by atoms with van der Waals surface area (Å²) in [6.45, 7) is 3.35. The monoisotopic (exact) mass is 286 g/mol. The molecule has 0 aliphatic rings. The lowest BCUT2D eigenvalue weighted by molar-refractivity contribution is -0.385. The highest BCUT2D eigenvalue weighted by molar-refractivity contribution is 6.30. The molecule has 0 bridgehead atoms. The topological polar surface area (TPSA) is 75.4 Å². The van der Waals surface area contributed by atoms with Crippen LogP contribution >= 0.6 is 11.6 Å². The van der Waals surface area contributed by atoms with E-state index in [0.29, 0.717) is 23.0 Å². The Morgan fingerprint density at radius 2 is 2.26 bits per heavy atom. The molecule has 0 fully saturated rings. The minimum absolute atomic E-state index is 0.0760. The summed E-state index contributed by atoms with van der Waals surface area (Å²) in [5, 5.41) is 23.5. The van der Waals surface area contributed by atoms with E-state index in [1.165, 1.54) is 12.1 Å². The number of nitro benzene ring substituents is 1. The van der Waals surface area contributed by atoms with E-state index in [9.17, 15) is 10.1 Å². The van der Waals surface area contributed by atoms with Crippen LogP contribution in [-0.4, -0.2) is 23.2 Å². The van der Waals surface area contributed by atoms with E-state index in [2.05, 4.69) is 12.2 Å². The molecule has 1 atom stereocenters. The molecule has 5 nitrogen and oxygen atoms in total. The first-order chi connectivity index (χ1) is 9.08. The maximum absolute atomic E-state index is 10.9. The number of aliphatic hydroxyl groups is 1. The molecule has 106 valence electrons. The van der Waals surface area contributed by atoms with Crippen LogP contribution in [0.15, 0.2) is 18.2 Å². The Balaban J connectivity index is 2.61. The zero-order valence-corrected chi connectivity index (χ0v) is 11.7. The third kappa shape index (κ3) is 5.14. The second kappa shape index (κ2) is 8.09. The highest BCUT2D eigenvalue weighted by Gasteiger charge is 2.14. The van der Waals surface area contributed by atoms with Crippen LogP contribution < -0.4 is 5.32 Å². The Morgan fingerprint density at radius 1 is 1.53 bits per heavy atom. The first kappa shape index (κ1) is 15.9. The lowest BCUT2D eigenvalue weighted by Gasteiger charge is -2.14. The average Bonchev–Trinajstić information content (AvgIpc) is 2.37. The van der Waals surface area contributed by atoms with Crippen molar-refractivity contribution in [3.63, 3.8) is 0 Å². The summed E-state index contributed by atoms with van der Waals surface area (Å²) >= 11 is 5.86. The Bertz CT molecular complexity index is 426. The van der Waals surface area contributed by atoms with E-state index in [4.69, 9.17) is 16.7 Å². The zero-order chi connectivity index (χ0) is 14.3. The van der Waals surface area contributed by atoms with Crippen molar-refractivity contribution in [3.8, 4) is 0 Å². The van der Waals surface area contributed by atoms with E-state index in [1.807, 2.05) is 0 Å². The summed E-state index contributed by atoms with van der Waals surface area (Å²) < 4.78 is 0. The zero-order valence-electron chi connectivity index (χ0n) is 10.9. The van der Waals surface area contributed by atoms with Crippen molar-refractivity contribution < 1.29 is 10.0 Å². The number of nitro groups is 1. The van der Waals surface area contributed by atoms with Crippen molar-refractivity contribution in [2.75, 3.05) is 13.2 Å². The van der Waals surface area contributed by atoms with Gasteiger partial charge in [-0.25, -0.2) is 0 Å². The van der Waals surface area contributed by atoms with Crippen LogP contribution in [0.2, 0.25) is 5.02 Å². The summed E-state index contributed by atoms with van der Waals surface area (Å²) in [5.41, 5.74) is 0.656. The van der Waals surface area contributed by atoms with Crippen molar-refractivity contribution in [2.24, 2.45) is 5.92 Å². The van der Waals surface area contributed by atoms with E-state index in [-0.39, 0.29) is 12.3 Å². The molecule has 1 unspecified atom stereocenters. The third-order valence-corrected chi connectivity index (χ3v) is 3.34. The van der Waals surface area contributed by atoms with Crippen LogP contribution in [0.3, 0.4) is 0 Å². The molecule has 0 aliphatic carbocycles. The van der Waals surface area contributed by atoms with Crippen molar-refractivity contribution >= 4 is 17.3 Å². The fraction of sp³-hybridized carbons (Fsp3) is 0.538. The minimum atomic E-state index is -0.404. The number of benzene rings is 1. The van der Waals surface area contributed by atoms with E-state index in [1.54, 1.807) is 6.07 Å². The van der Waals surface area contributed by atoms with Gasteiger partial charge >= 0.3 is 0 Å². The normalized spacial score (nSPS) is 12.4. The maximum Gasteiger partial charge on any atom is 0.273 e.